The first-order valence-corrected chi connectivity index (χ1v) is 8.44. The molecule has 1 aliphatic heterocycles. The second kappa shape index (κ2) is 6.57. The van der Waals surface area contributed by atoms with Crippen LogP contribution in [0.2, 0.25) is 0 Å². The standard InChI is InChI=1S/C10H22NO4PS/c1-7(2)9-4-5-13-10(9)6-14-16(12,17)15-8(3)11/h7-10H,4-6,11H2,1-3H3,(H,12,17). The molecule has 0 aliphatic carbocycles. The predicted octanol–water partition coefficient (Wildman–Crippen LogP) is 1.60. The minimum Gasteiger partial charge on any atom is -0.375 e. The number of ether oxygens (including phenoxy) is 1. The van der Waals surface area contributed by atoms with Gasteiger partial charge in [-0.3, -0.25) is 4.52 Å². The van der Waals surface area contributed by atoms with E-state index in [-0.39, 0.29) is 12.7 Å². The Morgan fingerprint density at radius 2 is 2.18 bits per heavy atom. The van der Waals surface area contributed by atoms with E-state index in [4.69, 9.17) is 31.3 Å². The van der Waals surface area contributed by atoms with E-state index in [9.17, 15) is 4.89 Å². The molecule has 0 spiro atoms. The molecular weight excluding hydrogens is 261 g/mol. The normalized spacial score (nSPS) is 30.5. The van der Waals surface area contributed by atoms with Crippen LogP contribution in [0.5, 0.6) is 0 Å². The van der Waals surface area contributed by atoms with E-state index < -0.39 is 12.9 Å². The first-order valence-electron chi connectivity index (χ1n) is 5.85. The summed E-state index contributed by atoms with van der Waals surface area (Å²) in [5.74, 6) is 0.970. The second-order valence-electron chi connectivity index (χ2n) is 4.68. The lowest BCUT2D eigenvalue weighted by Gasteiger charge is -2.24. The van der Waals surface area contributed by atoms with Crippen molar-refractivity contribution in [2.45, 2.75) is 39.5 Å². The summed E-state index contributed by atoms with van der Waals surface area (Å²) in [4.78, 5) is 9.72. The first kappa shape index (κ1) is 15.5. The van der Waals surface area contributed by atoms with E-state index in [0.29, 0.717) is 11.8 Å². The van der Waals surface area contributed by atoms with Crippen LogP contribution in [0, 0.1) is 11.8 Å². The Bertz CT molecular complexity index is 287. The maximum atomic E-state index is 9.72. The van der Waals surface area contributed by atoms with Crippen LogP contribution in [-0.4, -0.2) is 30.4 Å². The molecule has 0 radical (unpaired) electrons. The lowest BCUT2D eigenvalue weighted by Crippen LogP contribution is -2.26. The molecule has 4 unspecified atom stereocenters. The molecule has 1 heterocycles. The summed E-state index contributed by atoms with van der Waals surface area (Å²) in [5, 5.41) is 0. The van der Waals surface area contributed by atoms with Gasteiger partial charge in [0.1, 0.15) is 6.23 Å². The van der Waals surface area contributed by atoms with Crippen molar-refractivity contribution >= 4 is 18.5 Å². The van der Waals surface area contributed by atoms with E-state index in [1.807, 2.05) is 0 Å². The number of rotatable bonds is 6. The lowest BCUT2D eigenvalue weighted by atomic mass is 9.90. The fourth-order valence-corrected chi connectivity index (χ4v) is 3.41. The molecule has 1 saturated heterocycles. The summed E-state index contributed by atoms with van der Waals surface area (Å²) in [7, 11) is 0. The lowest BCUT2D eigenvalue weighted by molar-refractivity contribution is 0.0287. The molecular formula is C10H22NO4PS. The van der Waals surface area contributed by atoms with Crippen LogP contribution in [0.4, 0.5) is 0 Å². The van der Waals surface area contributed by atoms with Crippen LogP contribution in [-0.2, 0) is 25.6 Å². The SMILES string of the molecule is CC(N)OP(O)(=S)OCC1OCCC1C(C)C. The van der Waals surface area contributed by atoms with Crippen LogP contribution >= 0.6 is 6.72 Å². The molecule has 17 heavy (non-hydrogen) atoms. The third-order valence-electron chi connectivity index (χ3n) is 2.82. The van der Waals surface area contributed by atoms with Gasteiger partial charge in [0.25, 0.3) is 0 Å². The molecule has 0 saturated carbocycles. The molecule has 7 heteroatoms. The monoisotopic (exact) mass is 283 g/mol. The highest BCUT2D eigenvalue weighted by Crippen LogP contribution is 2.45. The predicted molar refractivity (Wildman–Crippen MR) is 69.9 cm³/mol. The zero-order valence-electron chi connectivity index (χ0n) is 10.5. The number of hydrogen-bond acceptors (Lipinski definition) is 5. The van der Waals surface area contributed by atoms with E-state index in [1.165, 1.54) is 0 Å². The van der Waals surface area contributed by atoms with Crippen molar-refractivity contribution in [1.82, 2.24) is 0 Å². The summed E-state index contributed by atoms with van der Waals surface area (Å²) in [5.41, 5.74) is 5.41. The van der Waals surface area contributed by atoms with Crippen LogP contribution in [0.25, 0.3) is 0 Å². The maximum Gasteiger partial charge on any atom is 0.326 e. The molecule has 0 aromatic heterocycles. The molecule has 1 fully saturated rings. The van der Waals surface area contributed by atoms with Crippen molar-refractivity contribution < 1.29 is 18.7 Å². The van der Waals surface area contributed by atoms with Gasteiger partial charge in [-0.25, -0.2) is 0 Å². The summed E-state index contributed by atoms with van der Waals surface area (Å²) in [6, 6.07) is 0. The first-order chi connectivity index (χ1) is 7.82. The van der Waals surface area contributed by atoms with Gasteiger partial charge < -0.3 is 19.9 Å². The van der Waals surface area contributed by atoms with Gasteiger partial charge in [-0.05, 0) is 37.0 Å². The Balaban J connectivity index is 2.42. The van der Waals surface area contributed by atoms with Gasteiger partial charge >= 0.3 is 6.72 Å². The Labute approximate surface area is 108 Å². The number of hydrogen-bond donors (Lipinski definition) is 2. The minimum absolute atomic E-state index is 0.0128. The van der Waals surface area contributed by atoms with E-state index >= 15 is 0 Å². The largest absolute Gasteiger partial charge is 0.375 e. The molecule has 5 nitrogen and oxygen atoms in total. The minimum atomic E-state index is -3.23. The fraction of sp³-hybridized carbons (Fsp3) is 1.00. The molecule has 1 rings (SSSR count). The van der Waals surface area contributed by atoms with Gasteiger partial charge in [-0.15, -0.1) is 0 Å². The van der Waals surface area contributed by atoms with Crippen LogP contribution in [0.15, 0.2) is 0 Å². The highest BCUT2D eigenvalue weighted by atomic mass is 32.5. The average Bonchev–Trinajstić information content (AvgIpc) is 2.60. The average molecular weight is 283 g/mol. The van der Waals surface area contributed by atoms with Crippen molar-refractivity contribution in [2.24, 2.45) is 17.6 Å². The van der Waals surface area contributed by atoms with Gasteiger partial charge in [0.2, 0.25) is 0 Å². The Kier molecular flexibility index (Phi) is 5.99. The highest BCUT2D eigenvalue weighted by molar-refractivity contribution is 8.07. The summed E-state index contributed by atoms with van der Waals surface area (Å²) < 4.78 is 15.8. The molecule has 0 amide bonds. The second-order valence-corrected chi connectivity index (χ2v) is 7.47. The molecule has 1 aliphatic rings. The maximum absolute atomic E-state index is 9.72. The summed E-state index contributed by atoms with van der Waals surface area (Å²) in [6.45, 7) is 3.68. The van der Waals surface area contributed by atoms with Crippen molar-refractivity contribution in [1.29, 1.82) is 0 Å². The molecule has 0 bridgehead atoms. The van der Waals surface area contributed by atoms with Crippen molar-refractivity contribution in [2.75, 3.05) is 13.2 Å². The van der Waals surface area contributed by atoms with Gasteiger partial charge in [0, 0.05) is 6.61 Å². The smallest absolute Gasteiger partial charge is 0.326 e. The Hall–Kier alpha value is 0.450. The topological polar surface area (TPSA) is 73.9 Å². The van der Waals surface area contributed by atoms with Crippen LogP contribution in [0.1, 0.15) is 27.2 Å². The third-order valence-corrected chi connectivity index (χ3v) is 4.47. The van der Waals surface area contributed by atoms with Crippen LogP contribution in [0.3, 0.4) is 0 Å². The van der Waals surface area contributed by atoms with Gasteiger partial charge in [0.05, 0.1) is 12.7 Å². The number of nitrogens with two attached hydrogens (primary N) is 1. The Morgan fingerprint density at radius 1 is 1.53 bits per heavy atom. The summed E-state index contributed by atoms with van der Waals surface area (Å²) in [6.07, 6.45) is 0.381. The highest BCUT2D eigenvalue weighted by Gasteiger charge is 2.32. The molecule has 0 aromatic rings. The molecule has 0 aromatic carbocycles. The van der Waals surface area contributed by atoms with Crippen molar-refractivity contribution in [3.8, 4) is 0 Å². The van der Waals surface area contributed by atoms with E-state index in [2.05, 4.69) is 13.8 Å². The van der Waals surface area contributed by atoms with Crippen LogP contribution < -0.4 is 5.73 Å². The molecule has 3 N–H and O–H groups in total. The van der Waals surface area contributed by atoms with E-state index in [1.54, 1.807) is 6.92 Å². The Morgan fingerprint density at radius 3 is 2.71 bits per heavy atom. The van der Waals surface area contributed by atoms with Gasteiger partial charge in [0.15, 0.2) is 0 Å². The molecule has 4 atom stereocenters. The van der Waals surface area contributed by atoms with E-state index in [0.717, 1.165) is 13.0 Å². The molecule has 102 valence electrons. The van der Waals surface area contributed by atoms with Gasteiger partial charge in [-0.1, -0.05) is 13.8 Å². The quantitative estimate of drug-likeness (QED) is 0.570. The zero-order chi connectivity index (χ0) is 13.1. The van der Waals surface area contributed by atoms with Gasteiger partial charge in [-0.2, -0.15) is 0 Å². The van der Waals surface area contributed by atoms with Crippen molar-refractivity contribution in [3.63, 3.8) is 0 Å². The summed E-state index contributed by atoms with van der Waals surface area (Å²) >= 11 is 4.85. The zero-order valence-corrected chi connectivity index (χ0v) is 12.2. The fourth-order valence-electron chi connectivity index (χ4n) is 2.01. The van der Waals surface area contributed by atoms with Crippen molar-refractivity contribution in [3.05, 3.63) is 0 Å². The third kappa shape index (κ3) is 5.30.